The Kier molecular flexibility index (Phi) is 5.65. The van der Waals surface area contributed by atoms with Crippen LogP contribution in [0.3, 0.4) is 0 Å². The fourth-order valence-corrected chi connectivity index (χ4v) is 3.06. The lowest BCUT2D eigenvalue weighted by Crippen LogP contribution is -2.31. The summed E-state index contributed by atoms with van der Waals surface area (Å²) in [6.45, 7) is 0. The molecule has 6 heteroatoms. The summed E-state index contributed by atoms with van der Waals surface area (Å²) in [6.07, 6.45) is 10.1. The molecule has 1 aromatic rings. The van der Waals surface area contributed by atoms with Crippen LogP contribution in [0.25, 0.3) is 0 Å². The molecule has 23 heavy (non-hydrogen) atoms. The summed E-state index contributed by atoms with van der Waals surface area (Å²) in [6, 6.07) is 6.23. The highest BCUT2D eigenvalue weighted by atomic mass is 32.2. The van der Waals surface area contributed by atoms with E-state index in [0.717, 1.165) is 5.56 Å². The van der Waals surface area contributed by atoms with Gasteiger partial charge in [0, 0.05) is 17.2 Å². The molecule has 3 N–H and O–H groups in total. The predicted molar refractivity (Wildman–Crippen MR) is 89.8 cm³/mol. The maximum atomic E-state index is 12.5. The lowest BCUT2D eigenvalue weighted by atomic mass is 9.97. The van der Waals surface area contributed by atoms with Crippen LogP contribution < -0.4 is 5.73 Å². The summed E-state index contributed by atoms with van der Waals surface area (Å²) >= 11 is 0. The average Bonchev–Trinajstić information content (AvgIpc) is 2.73. The number of Topliss-reactive ketones (excluding diaryl/α,β-unsaturated/α-hetero) is 1. The Bertz CT molecular complexity index is 776. The van der Waals surface area contributed by atoms with Crippen molar-refractivity contribution in [3.05, 3.63) is 71.3 Å². The number of nitrogens with two attached hydrogens (primary N) is 1. The van der Waals surface area contributed by atoms with Crippen molar-refractivity contribution in [3.8, 4) is 0 Å². The third-order valence-electron chi connectivity index (χ3n) is 3.40. The van der Waals surface area contributed by atoms with Crippen LogP contribution in [0.4, 0.5) is 0 Å². The molecule has 0 heterocycles. The maximum Gasteiger partial charge on any atom is 0.266 e. The number of benzene rings is 1. The molecular weight excluding hydrogens is 314 g/mol. The van der Waals surface area contributed by atoms with E-state index in [4.69, 9.17) is 10.3 Å². The molecule has 1 atom stereocenters. The third kappa shape index (κ3) is 5.59. The molecule has 1 aromatic carbocycles. The molecule has 0 saturated carbocycles. The van der Waals surface area contributed by atoms with Crippen LogP contribution in [0.15, 0.2) is 60.2 Å². The largest absolute Gasteiger partial charge is 0.326 e. The van der Waals surface area contributed by atoms with Gasteiger partial charge >= 0.3 is 0 Å². The molecule has 0 fully saturated rings. The molecule has 0 amide bonds. The van der Waals surface area contributed by atoms with Crippen LogP contribution in [0, 0.1) is 0 Å². The van der Waals surface area contributed by atoms with Crippen molar-refractivity contribution in [1.29, 1.82) is 0 Å². The summed E-state index contributed by atoms with van der Waals surface area (Å²) in [7, 11) is -4.11. The van der Waals surface area contributed by atoms with E-state index < -0.39 is 21.9 Å². The van der Waals surface area contributed by atoms with E-state index in [1.54, 1.807) is 30.3 Å². The highest BCUT2D eigenvalue weighted by molar-refractivity contribution is 7.85. The van der Waals surface area contributed by atoms with Gasteiger partial charge in [0.25, 0.3) is 10.1 Å². The fraction of sp³-hybridized carbons (Fsp3) is 0.235. The Morgan fingerprint density at radius 1 is 1.26 bits per heavy atom. The summed E-state index contributed by atoms with van der Waals surface area (Å²) in [5, 5.41) is 0. The fourth-order valence-electron chi connectivity index (χ4n) is 2.40. The Labute approximate surface area is 136 Å². The van der Waals surface area contributed by atoms with Crippen molar-refractivity contribution in [3.63, 3.8) is 0 Å². The van der Waals surface area contributed by atoms with Crippen molar-refractivity contribution >= 4 is 15.9 Å². The first kappa shape index (κ1) is 17.3. The first-order valence-corrected chi connectivity index (χ1v) is 8.83. The van der Waals surface area contributed by atoms with Crippen LogP contribution in [0.5, 0.6) is 0 Å². The first-order chi connectivity index (χ1) is 10.8. The number of carbonyl (C=O) groups excluding carboxylic acids is 1. The highest BCUT2D eigenvalue weighted by Gasteiger charge is 2.15. The number of hydrogen-bond donors (Lipinski definition) is 2. The zero-order chi connectivity index (χ0) is 16.9. The summed E-state index contributed by atoms with van der Waals surface area (Å²) in [5.41, 5.74) is 7.71. The van der Waals surface area contributed by atoms with E-state index in [9.17, 15) is 13.2 Å². The van der Waals surface area contributed by atoms with Gasteiger partial charge in [-0.2, -0.15) is 8.42 Å². The summed E-state index contributed by atoms with van der Waals surface area (Å²) in [4.78, 5) is 12.5. The summed E-state index contributed by atoms with van der Waals surface area (Å²) in [5.74, 6) is -0.572. The molecular formula is C17H19NO4S. The Hall–Kier alpha value is -2.02. The molecule has 122 valence electrons. The molecule has 0 aromatic heterocycles. The van der Waals surface area contributed by atoms with Gasteiger partial charge in [0.2, 0.25) is 0 Å². The number of ketones is 1. The molecule has 0 spiro atoms. The molecule has 1 aliphatic rings. The molecule has 0 unspecified atom stereocenters. The Morgan fingerprint density at radius 2 is 2.04 bits per heavy atom. The van der Waals surface area contributed by atoms with E-state index in [0.29, 0.717) is 17.6 Å². The van der Waals surface area contributed by atoms with E-state index >= 15 is 0 Å². The van der Waals surface area contributed by atoms with Crippen LogP contribution in [0.2, 0.25) is 0 Å². The van der Waals surface area contributed by atoms with Gasteiger partial charge in [0.15, 0.2) is 5.78 Å². The van der Waals surface area contributed by atoms with Gasteiger partial charge in [-0.1, -0.05) is 48.6 Å². The molecule has 2 rings (SSSR count). The van der Waals surface area contributed by atoms with Crippen LogP contribution in [-0.2, 0) is 16.5 Å². The smallest absolute Gasteiger partial charge is 0.266 e. The van der Waals surface area contributed by atoms with Crippen LogP contribution >= 0.6 is 0 Å². The lowest BCUT2D eigenvalue weighted by molar-refractivity contribution is 0.103. The first-order valence-electron chi connectivity index (χ1n) is 7.22. The van der Waals surface area contributed by atoms with Gasteiger partial charge in [-0.3, -0.25) is 9.35 Å². The topological polar surface area (TPSA) is 97.5 Å². The van der Waals surface area contributed by atoms with Crippen molar-refractivity contribution < 1.29 is 17.8 Å². The molecule has 5 nitrogen and oxygen atoms in total. The molecule has 1 aliphatic carbocycles. The minimum atomic E-state index is -4.11. The Balaban J connectivity index is 2.13. The average molecular weight is 333 g/mol. The number of allylic oxidation sites excluding steroid dienone is 6. The van der Waals surface area contributed by atoms with E-state index in [2.05, 4.69) is 0 Å². The van der Waals surface area contributed by atoms with E-state index in [-0.39, 0.29) is 12.2 Å². The minimum absolute atomic E-state index is 0.0635. The molecule has 0 saturated heterocycles. The zero-order valence-corrected chi connectivity index (χ0v) is 13.4. The quantitative estimate of drug-likeness (QED) is 0.613. The van der Waals surface area contributed by atoms with Crippen molar-refractivity contribution in [1.82, 2.24) is 0 Å². The molecule has 0 aliphatic heterocycles. The standard InChI is InChI=1S/C17H19NO4S/c18-16(12-23(20,21)22)11-13-6-5-9-15(10-13)17(19)14-7-3-1-2-4-8-14/h1-7,9-10,16H,8,11-12,18H2,(H,20,21,22)/t16-/m1/s1. The van der Waals surface area contributed by atoms with Gasteiger partial charge in [-0.05, 0) is 24.5 Å². The second-order valence-corrected chi connectivity index (χ2v) is 6.95. The SMILES string of the molecule is N[C@H](Cc1cccc(C(=O)C2=CC=CC=CC2)c1)CS(=O)(=O)O. The third-order valence-corrected chi connectivity index (χ3v) is 4.25. The van der Waals surface area contributed by atoms with Crippen LogP contribution in [0.1, 0.15) is 22.3 Å². The maximum absolute atomic E-state index is 12.5. The van der Waals surface area contributed by atoms with Crippen molar-refractivity contribution in [2.75, 3.05) is 5.75 Å². The van der Waals surface area contributed by atoms with Gasteiger partial charge in [0.05, 0.1) is 5.75 Å². The van der Waals surface area contributed by atoms with Gasteiger partial charge in [-0.15, -0.1) is 0 Å². The Morgan fingerprint density at radius 3 is 2.78 bits per heavy atom. The lowest BCUT2D eigenvalue weighted by Gasteiger charge is -2.11. The normalized spacial score (nSPS) is 15.8. The van der Waals surface area contributed by atoms with E-state index in [1.165, 1.54) is 0 Å². The van der Waals surface area contributed by atoms with Crippen molar-refractivity contribution in [2.24, 2.45) is 5.73 Å². The van der Waals surface area contributed by atoms with Gasteiger partial charge in [0.1, 0.15) is 0 Å². The highest BCUT2D eigenvalue weighted by Crippen LogP contribution is 2.16. The predicted octanol–water partition coefficient (Wildman–Crippen LogP) is 2.07. The number of rotatable bonds is 6. The second-order valence-electron chi connectivity index (χ2n) is 5.45. The number of carbonyl (C=O) groups is 1. The van der Waals surface area contributed by atoms with Crippen molar-refractivity contribution in [2.45, 2.75) is 18.9 Å². The zero-order valence-electron chi connectivity index (χ0n) is 12.6. The van der Waals surface area contributed by atoms with E-state index in [1.807, 2.05) is 24.3 Å². The molecule has 0 radical (unpaired) electrons. The summed E-state index contributed by atoms with van der Waals surface area (Å²) < 4.78 is 30.5. The van der Waals surface area contributed by atoms with Crippen LogP contribution in [-0.4, -0.2) is 30.5 Å². The van der Waals surface area contributed by atoms with Gasteiger partial charge < -0.3 is 5.73 Å². The minimum Gasteiger partial charge on any atom is -0.326 e. The molecule has 0 bridgehead atoms. The van der Waals surface area contributed by atoms with Gasteiger partial charge in [-0.25, -0.2) is 0 Å². The monoisotopic (exact) mass is 333 g/mol. The number of hydrogen-bond acceptors (Lipinski definition) is 4. The second kappa shape index (κ2) is 7.50.